The first-order chi connectivity index (χ1) is 14.2. The Hall–Kier alpha value is -2.86. The maximum Gasteiger partial charge on any atom is 0.253 e. The number of carbonyl (C=O) groups excluding carboxylic acids is 1. The summed E-state index contributed by atoms with van der Waals surface area (Å²) < 4.78 is 0. The van der Waals surface area contributed by atoms with Crippen molar-refractivity contribution in [3.63, 3.8) is 0 Å². The molecule has 0 heterocycles. The van der Waals surface area contributed by atoms with Crippen molar-refractivity contribution < 1.29 is 4.79 Å². The molecule has 162 valence electrons. The minimum atomic E-state index is -0.124. The normalized spacial score (nSPS) is 12.9. The van der Waals surface area contributed by atoms with Crippen molar-refractivity contribution in [2.24, 2.45) is 4.99 Å². The standard InChI is InChI=1S/C24H35N5O/c1-18(20-10-8-7-9-11-20)28-24(2,3)17-27-23(25-4)26-16-19-12-14-21(15-13-19)22(30)29(5)6/h7-15,18,28H,16-17H2,1-6H3,(H2,25,26,27). The van der Waals surface area contributed by atoms with E-state index in [1.165, 1.54) is 5.56 Å². The number of guanidine groups is 1. The Kier molecular flexibility index (Phi) is 8.42. The number of amides is 1. The molecule has 0 spiro atoms. The van der Waals surface area contributed by atoms with E-state index in [0.717, 1.165) is 18.1 Å². The molecule has 0 radical (unpaired) electrons. The van der Waals surface area contributed by atoms with E-state index in [9.17, 15) is 4.79 Å². The van der Waals surface area contributed by atoms with Gasteiger partial charge in [-0.25, -0.2) is 0 Å². The minimum Gasteiger partial charge on any atom is -0.355 e. The number of nitrogens with one attached hydrogen (secondary N) is 3. The predicted molar refractivity (Wildman–Crippen MR) is 125 cm³/mol. The van der Waals surface area contributed by atoms with Crippen molar-refractivity contribution in [1.82, 2.24) is 20.9 Å². The van der Waals surface area contributed by atoms with Crippen LogP contribution < -0.4 is 16.0 Å². The minimum absolute atomic E-state index is 0.00597. The van der Waals surface area contributed by atoms with Crippen LogP contribution in [0.5, 0.6) is 0 Å². The molecule has 0 aliphatic carbocycles. The Morgan fingerprint density at radius 2 is 1.67 bits per heavy atom. The molecule has 3 N–H and O–H groups in total. The lowest BCUT2D eigenvalue weighted by atomic mass is 10.0. The Bertz CT molecular complexity index is 828. The second-order valence-electron chi connectivity index (χ2n) is 8.34. The van der Waals surface area contributed by atoms with Gasteiger partial charge in [0, 0.05) is 51.4 Å². The topological polar surface area (TPSA) is 68.8 Å². The number of aliphatic imine (C=N–C) groups is 1. The lowest BCUT2D eigenvalue weighted by Crippen LogP contribution is -2.52. The number of rotatable bonds is 8. The van der Waals surface area contributed by atoms with Gasteiger partial charge in [0.1, 0.15) is 0 Å². The highest BCUT2D eigenvalue weighted by Crippen LogP contribution is 2.15. The summed E-state index contributed by atoms with van der Waals surface area (Å²) in [7, 11) is 5.27. The van der Waals surface area contributed by atoms with Crippen LogP contribution in [0.2, 0.25) is 0 Å². The Morgan fingerprint density at radius 1 is 1.03 bits per heavy atom. The Morgan fingerprint density at radius 3 is 2.23 bits per heavy atom. The third-order valence-electron chi connectivity index (χ3n) is 4.90. The molecule has 0 aromatic heterocycles. The molecule has 0 saturated heterocycles. The third kappa shape index (κ3) is 7.19. The molecule has 6 heteroatoms. The van der Waals surface area contributed by atoms with E-state index in [-0.39, 0.29) is 17.5 Å². The zero-order valence-electron chi connectivity index (χ0n) is 19.0. The van der Waals surface area contributed by atoms with Crippen LogP contribution in [0.1, 0.15) is 48.3 Å². The summed E-state index contributed by atoms with van der Waals surface area (Å²) >= 11 is 0. The van der Waals surface area contributed by atoms with Crippen molar-refractivity contribution in [3.05, 3.63) is 71.3 Å². The number of nitrogens with zero attached hydrogens (tertiary/aromatic N) is 2. The molecule has 0 saturated carbocycles. The second kappa shape index (κ2) is 10.8. The first-order valence-corrected chi connectivity index (χ1v) is 10.3. The highest BCUT2D eigenvalue weighted by Gasteiger charge is 2.21. The van der Waals surface area contributed by atoms with E-state index in [4.69, 9.17) is 0 Å². The van der Waals surface area contributed by atoms with Gasteiger partial charge in [-0.15, -0.1) is 0 Å². The van der Waals surface area contributed by atoms with Crippen molar-refractivity contribution in [2.75, 3.05) is 27.7 Å². The van der Waals surface area contributed by atoms with Crippen LogP contribution in [0.4, 0.5) is 0 Å². The van der Waals surface area contributed by atoms with Gasteiger partial charge < -0.3 is 20.9 Å². The van der Waals surface area contributed by atoms with Gasteiger partial charge in [0.05, 0.1) is 0 Å². The molecule has 1 amide bonds. The number of hydrogen-bond donors (Lipinski definition) is 3. The molecule has 6 nitrogen and oxygen atoms in total. The van der Waals surface area contributed by atoms with E-state index in [1.807, 2.05) is 30.3 Å². The fourth-order valence-corrected chi connectivity index (χ4v) is 3.20. The van der Waals surface area contributed by atoms with Crippen molar-refractivity contribution in [3.8, 4) is 0 Å². The summed E-state index contributed by atoms with van der Waals surface area (Å²) in [5.41, 5.74) is 2.92. The fourth-order valence-electron chi connectivity index (χ4n) is 3.20. The molecule has 2 rings (SSSR count). The lowest BCUT2D eigenvalue weighted by Gasteiger charge is -2.31. The van der Waals surface area contributed by atoms with Gasteiger partial charge in [-0.1, -0.05) is 42.5 Å². The van der Waals surface area contributed by atoms with Crippen LogP contribution in [0.25, 0.3) is 0 Å². The van der Waals surface area contributed by atoms with Gasteiger partial charge in [-0.2, -0.15) is 0 Å². The Labute approximate surface area is 180 Å². The molecule has 1 atom stereocenters. The van der Waals surface area contributed by atoms with Crippen molar-refractivity contribution >= 4 is 11.9 Å². The number of benzene rings is 2. The molecule has 0 bridgehead atoms. The zero-order valence-corrected chi connectivity index (χ0v) is 19.0. The third-order valence-corrected chi connectivity index (χ3v) is 4.90. The van der Waals surface area contributed by atoms with E-state index in [2.05, 4.69) is 66.0 Å². The van der Waals surface area contributed by atoms with E-state index in [0.29, 0.717) is 12.1 Å². The summed E-state index contributed by atoms with van der Waals surface area (Å²) in [6.07, 6.45) is 0. The Balaban J connectivity index is 1.84. The summed E-state index contributed by atoms with van der Waals surface area (Å²) in [6, 6.07) is 18.3. The molecule has 0 aliphatic heterocycles. The predicted octanol–water partition coefficient (Wildman–Crippen LogP) is 3.18. The van der Waals surface area contributed by atoms with Gasteiger partial charge in [0.2, 0.25) is 0 Å². The monoisotopic (exact) mass is 409 g/mol. The van der Waals surface area contributed by atoms with Crippen LogP contribution in [-0.4, -0.2) is 50.0 Å². The molecular weight excluding hydrogens is 374 g/mol. The SMILES string of the molecule is CN=C(NCc1ccc(C(=O)N(C)C)cc1)NCC(C)(C)NC(C)c1ccccc1. The largest absolute Gasteiger partial charge is 0.355 e. The quantitative estimate of drug-likeness (QED) is 0.463. The molecule has 30 heavy (non-hydrogen) atoms. The van der Waals surface area contributed by atoms with Crippen LogP contribution >= 0.6 is 0 Å². The summed E-state index contributed by atoms with van der Waals surface area (Å²) in [4.78, 5) is 17.9. The smallest absolute Gasteiger partial charge is 0.253 e. The van der Waals surface area contributed by atoms with Crippen LogP contribution in [0, 0.1) is 0 Å². The average molecular weight is 410 g/mol. The average Bonchev–Trinajstić information content (AvgIpc) is 2.74. The van der Waals surface area contributed by atoms with Crippen LogP contribution in [0.3, 0.4) is 0 Å². The van der Waals surface area contributed by atoms with Gasteiger partial charge >= 0.3 is 0 Å². The maximum absolute atomic E-state index is 12.0. The van der Waals surface area contributed by atoms with Crippen molar-refractivity contribution in [2.45, 2.75) is 38.9 Å². The highest BCUT2D eigenvalue weighted by molar-refractivity contribution is 5.93. The van der Waals surface area contributed by atoms with Crippen LogP contribution in [0.15, 0.2) is 59.6 Å². The van der Waals surface area contributed by atoms with E-state index >= 15 is 0 Å². The van der Waals surface area contributed by atoms with Gasteiger partial charge in [0.25, 0.3) is 5.91 Å². The zero-order chi connectivity index (χ0) is 22.1. The van der Waals surface area contributed by atoms with Gasteiger partial charge in [-0.05, 0) is 44.0 Å². The van der Waals surface area contributed by atoms with Crippen LogP contribution in [-0.2, 0) is 6.54 Å². The van der Waals surface area contributed by atoms with Gasteiger partial charge in [0.15, 0.2) is 5.96 Å². The fraction of sp³-hybridized carbons (Fsp3) is 0.417. The molecular formula is C24H35N5O. The first kappa shape index (κ1) is 23.4. The highest BCUT2D eigenvalue weighted by atomic mass is 16.2. The maximum atomic E-state index is 12.0. The van der Waals surface area contributed by atoms with Gasteiger partial charge in [-0.3, -0.25) is 9.79 Å². The first-order valence-electron chi connectivity index (χ1n) is 10.3. The molecule has 0 aliphatic rings. The second-order valence-corrected chi connectivity index (χ2v) is 8.34. The molecule has 1 unspecified atom stereocenters. The summed E-state index contributed by atoms with van der Waals surface area (Å²) in [6.45, 7) is 7.87. The van der Waals surface area contributed by atoms with Crippen molar-refractivity contribution in [1.29, 1.82) is 0 Å². The van der Waals surface area contributed by atoms with E-state index in [1.54, 1.807) is 26.0 Å². The molecule has 2 aromatic rings. The molecule has 2 aromatic carbocycles. The summed E-state index contributed by atoms with van der Waals surface area (Å²) in [5.74, 6) is 0.747. The number of carbonyl (C=O) groups is 1. The molecule has 0 fully saturated rings. The van der Waals surface area contributed by atoms with E-state index < -0.39 is 0 Å². The summed E-state index contributed by atoms with van der Waals surface area (Å²) in [5, 5.41) is 10.4. The lowest BCUT2D eigenvalue weighted by molar-refractivity contribution is 0.0827. The number of hydrogen-bond acceptors (Lipinski definition) is 3.